The van der Waals surface area contributed by atoms with Crippen LogP contribution in [0.15, 0.2) is 41.8 Å². The number of benzene rings is 1. The van der Waals surface area contributed by atoms with E-state index in [0.717, 1.165) is 25.1 Å². The molecular weight excluding hydrogens is 400 g/mol. The van der Waals surface area contributed by atoms with Gasteiger partial charge in [0.25, 0.3) is 10.0 Å². The second kappa shape index (κ2) is 8.02. The van der Waals surface area contributed by atoms with Gasteiger partial charge < -0.3 is 14.6 Å². The van der Waals surface area contributed by atoms with Crippen molar-refractivity contribution >= 4 is 27.3 Å². The molecule has 152 valence electrons. The molecule has 1 aromatic carbocycles. The van der Waals surface area contributed by atoms with Crippen LogP contribution in [0.5, 0.6) is 0 Å². The number of aromatic nitrogens is 2. The van der Waals surface area contributed by atoms with E-state index in [-0.39, 0.29) is 17.0 Å². The lowest BCUT2D eigenvalue weighted by molar-refractivity contribution is 0.0317. The molecule has 1 aromatic heterocycles. The fourth-order valence-corrected chi connectivity index (χ4v) is 5.83. The second-order valence-corrected chi connectivity index (χ2v) is 9.92. The van der Waals surface area contributed by atoms with Crippen molar-refractivity contribution in [3.05, 3.63) is 41.8 Å². The largest absolute Gasteiger partial charge is 0.381 e. The standard InChI is InChI=1S/C19H25ClN4O3S/c1-23-11-19(21-13-23)28(25,26)24-9-17(14-4-3-7-27-12-14)18(10-24)22-16-6-2-5-15(20)8-16/h2,5-6,8,11,13-14,17-18,22H,3-4,7,9-10,12H2,1H3/t14?,17-,18+/m1/s1. The number of ether oxygens (including phenoxy) is 1. The summed E-state index contributed by atoms with van der Waals surface area (Å²) in [4.78, 5) is 4.06. The van der Waals surface area contributed by atoms with Crippen LogP contribution in [0, 0.1) is 11.8 Å². The van der Waals surface area contributed by atoms with Gasteiger partial charge in [-0.2, -0.15) is 4.31 Å². The number of sulfonamides is 1. The van der Waals surface area contributed by atoms with Gasteiger partial charge in [0.1, 0.15) is 0 Å². The van der Waals surface area contributed by atoms with Crippen molar-refractivity contribution in [1.82, 2.24) is 13.9 Å². The van der Waals surface area contributed by atoms with Crippen LogP contribution in [0.25, 0.3) is 0 Å². The summed E-state index contributed by atoms with van der Waals surface area (Å²) in [6, 6.07) is 7.53. The molecule has 2 aliphatic heterocycles. The first-order valence-electron chi connectivity index (χ1n) is 9.51. The molecule has 2 saturated heterocycles. The third kappa shape index (κ3) is 4.05. The summed E-state index contributed by atoms with van der Waals surface area (Å²) >= 11 is 6.12. The average molecular weight is 425 g/mol. The zero-order valence-electron chi connectivity index (χ0n) is 15.8. The van der Waals surface area contributed by atoms with Gasteiger partial charge in [-0.15, -0.1) is 0 Å². The van der Waals surface area contributed by atoms with Crippen molar-refractivity contribution in [2.45, 2.75) is 23.9 Å². The third-order valence-electron chi connectivity index (χ3n) is 5.59. The van der Waals surface area contributed by atoms with Crippen molar-refractivity contribution in [3.63, 3.8) is 0 Å². The van der Waals surface area contributed by atoms with Crippen molar-refractivity contribution in [1.29, 1.82) is 0 Å². The highest BCUT2D eigenvalue weighted by Crippen LogP contribution is 2.34. The number of nitrogens with one attached hydrogen (secondary N) is 1. The number of rotatable bonds is 5. The zero-order valence-corrected chi connectivity index (χ0v) is 17.4. The van der Waals surface area contributed by atoms with Gasteiger partial charge in [-0.05, 0) is 42.9 Å². The number of anilines is 1. The number of aryl methyl sites for hydroxylation is 1. The SMILES string of the molecule is Cn1cnc(S(=O)(=O)N2C[C@H](Nc3cccc(Cl)c3)[C@@H](C3CCCOC3)C2)c1. The molecule has 0 spiro atoms. The van der Waals surface area contributed by atoms with Crippen LogP contribution < -0.4 is 5.32 Å². The first-order chi connectivity index (χ1) is 13.4. The molecule has 2 aromatic rings. The van der Waals surface area contributed by atoms with E-state index in [9.17, 15) is 8.42 Å². The summed E-state index contributed by atoms with van der Waals surface area (Å²) in [5.41, 5.74) is 0.899. The molecule has 3 heterocycles. The van der Waals surface area contributed by atoms with E-state index < -0.39 is 10.0 Å². The summed E-state index contributed by atoms with van der Waals surface area (Å²) in [5.74, 6) is 0.493. The maximum Gasteiger partial charge on any atom is 0.262 e. The highest BCUT2D eigenvalue weighted by Gasteiger charge is 2.43. The van der Waals surface area contributed by atoms with E-state index in [1.165, 1.54) is 6.33 Å². The predicted octanol–water partition coefficient (Wildman–Crippen LogP) is 2.60. The molecule has 1 N–H and O–H groups in total. The zero-order chi connectivity index (χ0) is 19.7. The lowest BCUT2D eigenvalue weighted by Gasteiger charge is -2.31. The molecule has 3 atom stereocenters. The van der Waals surface area contributed by atoms with Crippen molar-refractivity contribution in [2.75, 3.05) is 31.6 Å². The van der Waals surface area contributed by atoms with E-state index in [4.69, 9.17) is 16.3 Å². The van der Waals surface area contributed by atoms with E-state index in [2.05, 4.69) is 10.3 Å². The summed E-state index contributed by atoms with van der Waals surface area (Å²) < 4.78 is 35.1. The monoisotopic (exact) mass is 424 g/mol. The molecule has 0 amide bonds. The fourth-order valence-electron chi connectivity index (χ4n) is 4.17. The Morgan fingerprint density at radius 1 is 1.32 bits per heavy atom. The van der Waals surface area contributed by atoms with Gasteiger partial charge in [0.2, 0.25) is 0 Å². The minimum atomic E-state index is -3.63. The minimum Gasteiger partial charge on any atom is -0.381 e. The fraction of sp³-hybridized carbons (Fsp3) is 0.526. The Balaban J connectivity index is 1.59. The van der Waals surface area contributed by atoms with Gasteiger partial charge in [-0.3, -0.25) is 0 Å². The summed E-state index contributed by atoms with van der Waals surface area (Å²) in [6.07, 6.45) is 5.12. The molecule has 7 nitrogen and oxygen atoms in total. The molecule has 2 fully saturated rings. The number of hydrogen-bond acceptors (Lipinski definition) is 5. The van der Waals surface area contributed by atoms with E-state index in [1.807, 2.05) is 24.3 Å². The Morgan fingerprint density at radius 2 is 2.18 bits per heavy atom. The Bertz CT molecular complexity index is 927. The van der Waals surface area contributed by atoms with Crippen LogP contribution >= 0.6 is 11.6 Å². The highest BCUT2D eigenvalue weighted by atomic mass is 35.5. The van der Waals surface area contributed by atoms with Gasteiger partial charge >= 0.3 is 0 Å². The first-order valence-corrected chi connectivity index (χ1v) is 11.3. The van der Waals surface area contributed by atoms with Crippen molar-refractivity contribution in [3.8, 4) is 0 Å². The van der Waals surface area contributed by atoms with E-state index in [1.54, 1.807) is 22.1 Å². The Kier molecular flexibility index (Phi) is 5.64. The molecule has 1 unspecified atom stereocenters. The molecule has 2 aliphatic rings. The molecule has 9 heteroatoms. The first kappa shape index (κ1) is 19.7. The number of hydrogen-bond donors (Lipinski definition) is 1. The van der Waals surface area contributed by atoms with Gasteiger partial charge in [-0.25, -0.2) is 13.4 Å². The molecule has 0 aliphatic carbocycles. The Labute approximate surface area is 170 Å². The number of nitrogens with zero attached hydrogens (tertiary/aromatic N) is 3. The minimum absolute atomic E-state index is 0.0105. The lowest BCUT2D eigenvalue weighted by Crippen LogP contribution is -2.36. The Hall–Kier alpha value is -1.61. The quantitative estimate of drug-likeness (QED) is 0.798. The van der Waals surface area contributed by atoms with Gasteiger partial charge in [0.05, 0.1) is 6.33 Å². The molecule has 0 bridgehead atoms. The van der Waals surface area contributed by atoms with Crippen LogP contribution in [0.3, 0.4) is 0 Å². The average Bonchev–Trinajstić information content (AvgIpc) is 3.30. The van der Waals surface area contributed by atoms with Crippen molar-refractivity contribution < 1.29 is 13.2 Å². The smallest absolute Gasteiger partial charge is 0.262 e. The number of imidazole rings is 1. The van der Waals surface area contributed by atoms with Gasteiger partial charge in [0.15, 0.2) is 5.03 Å². The van der Waals surface area contributed by atoms with E-state index >= 15 is 0 Å². The molecule has 28 heavy (non-hydrogen) atoms. The second-order valence-electron chi connectivity index (χ2n) is 7.60. The van der Waals surface area contributed by atoms with Crippen LogP contribution in [0.4, 0.5) is 5.69 Å². The summed E-state index contributed by atoms with van der Waals surface area (Å²) in [5, 5.41) is 4.26. The van der Waals surface area contributed by atoms with Crippen LogP contribution in [-0.2, 0) is 21.8 Å². The van der Waals surface area contributed by atoms with E-state index in [0.29, 0.717) is 30.6 Å². The topological polar surface area (TPSA) is 76.5 Å². The van der Waals surface area contributed by atoms with Gasteiger partial charge in [-0.1, -0.05) is 17.7 Å². The van der Waals surface area contributed by atoms with Crippen LogP contribution in [-0.4, -0.2) is 54.6 Å². The van der Waals surface area contributed by atoms with Crippen LogP contribution in [0.1, 0.15) is 12.8 Å². The summed E-state index contributed by atoms with van der Waals surface area (Å²) in [6.45, 7) is 2.32. The third-order valence-corrected chi connectivity index (χ3v) is 7.55. The predicted molar refractivity (Wildman–Crippen MR) is 108 cm³/mol. The number of halogens is 1. The molecular formula is C19H25ClN4O3S. The lowest BCUT2D eigenvalue weighted by atomic mass is 9.84. The van der Waals surface area contributed by atoms with Gasteiger partial charge in [0, 0.05) is 56.3 Å². The highest BCUT2D eigenvalue weighted by molar-refractivity contribution is 7.89. The normalized spacial score (nSPS) is 26.4. The van der Waals surface area contributed by atoms with Crippen LogP contribution in [0.2, 0.25) is 5.02 Å². The maximum atomic E-state index is 13.1. The molecule has 4 rings (SSSR count). The molecule has 0 saturated carbocycles. The summed E-state index contributed by atoms with van der Waals surface area (Å²) in [7, 11) is -1.86. The molecule has 0 radical (unpaired) electrons. The Morgan fingerprint density at radius 3 is 2.86 bits per heavy atom. The maximum absolute atomic E-state index is 13.1. The van der Waals surface area contributed by atoms with Crippen molar-refractivity contribution in [2.24, 2.45) is 18.9 Å².